The van der Waals surface area contributed by atoms with Crippen LogP contribution in [-0.2, 0) is 0 Å². The van der Waals surface area contributed by atoms with Crippen LogP contribution in [0.2, 0.25) is 0 Å². The number of benzene rings is 9. The lowest BCUT2D eigenvalue weighted by Gasteiger charge is -2.26. The van der Waals surface area contributed by atoms with E-state index in [0.717, 1.165) is 105 Å². The van der Waals surface area contributed by atoms with E-state index in [4.69, 9.17) is 13.3 Å². The van der Waals surface area contributed by atoms with Crippen LogP contribution in [0.4, 0.5) is 17.1 Å². The fourth-order valence-corrected chi connectivity index (χ4v) is 8.39. The van der Waals surface area contributed by atoms with Crippen molar-refractivity contribution in [2.45, 2.75) is 0 Å². The first-order valence-corrected chi connectivity index (χ1v) is 18.9. The summed E-state index contributed by atoms with van der Waals surface area (Å²) in [6.07, 6.45) is 0. The van der Waals surface area contributed by atoms with E-state index in [1.807, 2.05) is 42.5 Å². The predicted molar refractivity (Wildman–Crippen MR) is 231 cm³/mol. The third-order valence-electron chi connectivity index (χ3n) is 11.2. The molecular weight excluding hydrogens is 687 g/mol. The maximum absolute atomic E-state index is 6.31. The molecule has 0 saturated heterocycles. The molecule has 12 aromatic rings. The van der Waals surface area contributed by atoms with E-state index >= 15 is 0 Å². The molecule has 0 aliphatic heterocycles. The number of hydrogen-bond acceptors (Lipinski definition) is 4. The van der Waals surface area contributed by atoms with Crippen LogP contribution in [-0.4, -0.2) is 0 Å². The Kier molecular flexibility index (Phi) is 6.60. The van der Waals surface area contributed by atoms with Crippen molar-refractivity contribution in [3.8, 4) is 22.5 Å². The number of rotatable bonds is 5. The van der Waals surface area contributed by atoms with E-state index in [-0.39, 0.29) is 0 Å². The molecule has 12 rings (SSSR count). The Morgan fingerprint density at radius 2 is 0.750 bits per heavy atom. The second-order valence-electron chi connectivity index (χ2n) is 14.6. The maximum atomic E-state index is 6.31. The Morgan fingerprint density at radius 1 is 0.268 bits per heavy atom. The fourth-order valence-electron chi connectivity index (χ4n) is 8.39. The van der Waals surface area contributed by atoms with E-state index < -0.39 is 0 Å². The van der Waals surface area contributed by atoms with Gasteiger partial charge in [0, 0.05) is 49.6 Å². The highest BCUT2D eigenvalue weighted by molar-refractivity contribution is 6.12. The van der Waals surface area contributed by atoms with Gasteiger partial charge in [-0.2, -0.15) is 0 Å². The molecule has 0 saturated carbocycles. The van der Waals surface area contributed by atoms with Crippen molar-refractivity contribution >= 4 is 93.5 Å². The Balaban J connectivity index is 0.963. The van der Waals surface area contributed by atoms with Crippen molar-refractivity contribution in [1.29, 1.82) is 0 Å². The first-order chi connectivity index (χ1) is 27.7. The number of anilines is 3. The van der Waals surface area contributed by atoms with E-state index in [9.17, 15) is 0 Å². The number of fused-ring (bicyclic) bond motifs is 9. The van der Waals surface area contributed by atoms with Crippen LogP contribution in [0.1, 0.15) is 0 Å². The van der Waals surface area contributed by atoms with Gasteiger partial charge in [0.25, 0.3) is 0 Å². The summed E-state index contributed by atoms with van der Waals surface area (Å²) in [5, 5.41) is 10.2. The van der Waals surface area contributed by atoms with Gasteiger partial charge >= 0.3 is 0 Å². The summed E-state index contributed by atoms with van der Waals surface area (Å²) in [5.41, 5.74) is 11.0. The van der Waals surface area contributed by atoms with Gasteiger partial charge in [0.2, 0.25) is 0 Å². The Hall–Kier alpha value is -7.56. The summed E-state index contributed by atoms with van der Waals surface area (Å²) >= 11 is 0. The van der Waals surface area contributed by atoms with Crippen LogP contribution in [0.3, 0.4) is 0 Å². The van der Waals surface area contributed by atoms with Gasteiger partial charge in [-0.25, -0.2) is 0 Å². The van der Waals surface area contributed by atoms with Crippen molar-refractivity contribution in [3.05, 3.63) is 188 Å². The Morgan fingerprint density at radius 3 is 1.32 bits per heavy atom. The second kappa shape index (κ2) is 12.0. The Labute approximate surface area is 321 Å². The van der Waals surface area contributed by atoms with Crippen molar-refractivity contribution in [1.82, 2.24) is 0 Å². The van der Waals surface area contributed by atoms with E-state index in [2.05, 4.69) is 150 Å². The van der Waals surface area contributed by atoms with Gasteiger partial charge in [-0.05, 0) is 118 Å². The van der Waals surface area contributed by atoms with Crippen molar-refractivity contribution < 1.29 is 13.3 Å². The zero-order valence-corrected chi connectivity index (χ0v) is 30.1. The summed E-state index contributed by atoms with van der Waals surface area (Å²) in [6.45, 7) is 0. The molecule has 262 valence electrons. The van der Waals surface area contributed by atoms with Crippen LogP contribution in [0.25, 0.3) is 98.8 Å². The number of furan rings is 3. The molecule has 4 nitrogen and oxygen atoms in total. The monoisotopic (exact) mass is 717 g/mol. The second-order valence-corrected chi connectivity index (χ2v) is 14.6. The number of para-hydroxylation sites is 3. The van der Waals surface area contributed by atoms with E-state index in [1.165, 1.54) is 10.8 Å². The van der Waals surface area contributed by atoms with Crippen molar-refractivity contribution in [2.24, 2.45) is 0 Å². The van der Waals surface area contributed by atoms with E-state index in [1.54, 1.807) is 0 Å². The maximum Gasteiger partial charge on any atom is 0.136 e. The third kappa shape index (κ3) is 4.93. The first kappa shape index (κ1) is 30.9. The molecule has 0 bridgehead atoms. The molecule has 0 N–H and O–H groups in total. The molecule has 56 heavy (non-hydrogen) atoms. The van der Waals surface area contributed by atoms with Gasteiger partial charge in [0.15, 0.2) is 0 Å². The summed E-state index contributed by atoms with van der Waals surface area (Å²) in [5.74, 6) is 0.872. The number of nitrogens with zero attached hydrogens (tertiary/aromatic N) is 1. The molecule has 3 aromatic heterocycles. The van der Waals surface area contributed by atoms with Gasteiger partial charge in [0.1, 0.15) is 33.7 Å². The average Bonchev–Trinajstić information content (AvgIpc) is 3.95. The standard InChI is InChI=1S/C52H31NO3/c1-4-10-47-37(7-1)29-50(54-47)34-15-13-32(14-16-34)33-17-21-40(22-18-33)53(41-23-19-35-27-45-43-8-2-5-11-48(43)55-51(45)30-38(35)25-41)42-24-20-36-28-46-44-9-3-6-12-49(44)56-52(46)31-39(36)26-42/h1-31H. The molecule has 3 heterocycles. The molecule has 9 aromatic carbocycles. The minimum absolute atomic E-state index is 0.872. The van der Waals surface area contributed by atoms with Crippen molar-refractivity contribution in [2.75, 3.05) is 4.90 Å². The summed E-state index contributed by atoms with van der Waals surface area (Å²) < 4.78 is 18.8. The van der Waals surface area contributed by atoms with Gasteiger partial charge in [-0.3, -0.25) is 0 Å². The topological polar surface area (TPSA) is 42.7 Å². The SMILES string of the molecule is c1ccc2oc(-c3ccc(-c4ccc(N(c5ccc6cc7c(cc6c5)oc5ccccc57)c5ccc6cc7c(cc6c5)oc5ccccc57)cc4)cc3)cc2c1. The lowest BCUT2D eigenvalue weighted by atomic mass is 10.0. The van der Waals surface area contributed by atoms with E-state index in [0.29, 0.717) is 0 Å². The zero-order chi connectivity index (χ0) is 36.7. The van der Waals surface area contributed by atoms with Crippen LogP contribution < -0.4 is 4.90 Å². The largest absolute Gasteiger partial charge is 0.456 e. The van der Waals surface area contributed by atoms with Crippen molar-refractivity contribution in [3.63, 3.8) is 0 Å². The predicted octanol–water partition coefficient (Wildman–Crippen LogP) is 15.3. The average molecular weight is 718 g/mol. The quantitative estimate of drug-likeness (QED) is 0.178. The molecule has 0 radical (unpaired) electrons. The number of hydrogen-bond donors (Lipinski definition) is 0. The highest BCUT2D eigenvalue weighted by Crippen LogP contribution is 2.41. The molecule has 0 fully saturated rings. The highest BCUT2D eigenvalue weighted by Gasteiger charge is 2.17. The molecule has 0 unspecified atom stereocenters. The van der Waals surface area contributed by atoms with Gasteiger partial charge < -0.3 is 18.2 Å². The van der Waals surface area contributed by atoms with Gasteiger partial charge in [-0.1, -0.05) is 103 Å². The lowest BCUT2D eigenvalue weighted by molar-refractivity contribution is 0.631. The molecule has 0 atom stereocenters. The van der Waals surface area contributed by atoms with Crippen LogP contribution in [0.15, 0.2) is 201 Å². The molecule has 0 spiro atoms. The molecule has 0 amide bonds. The zero-order valence-electron chi connectivity index (χ0n) is 30.1. The lowest BCUT2D eigenvalue weighted by Crippen LogP contribution is -2.09. The molecule has 0 aliphatic carbocycles. The molecule has 4 heteroatoms. The molecule has 0 aliphatic rings. The van der Waals surface area contributed by atoms with Gasteiger partial charge in [0.05, 0.1) is 0 Å². The first-order valence-electron chi connectivity index (χ1n) is 18.9. The summed E-state index contributed by atoms with van der Waals surface area (Å²) in [6, 6.07) is 66.4. The van der Waals surface area contributed by atoms with Crippen LogP contribution in [0, 0.1) is 0 Å². The van der Waals surface area contributed by atoms with Crippen LogP contribution >= 0.6 is 0 Å². The smallest absolute Gasteiger partial charge is 0.136 e. The molecular formula is C52H31NO3. The van der Waals surface area contributed by atoms with Crippen LogP contribution in [0.5, 0.6) is 0 Å². The van der Waals surface area contributed by atoms with Gasteiger partial charge in [-0.15, -0.1) is 0 Å². The Bertz CT molecular complexity index is 3290. The normalized spacial score (nSPS) is 11.9. The highest BCUT2D eigenvalue weighted by atomic mass is 16.3. The minimum atomic E-state index is 0.872. The summed E-state index contributed by atoms with van der Waals surface area (Å²) in [4.78, 5) is 2.33. The fraction of sp³-hybridized carbons (Fsp3) is 0. The third-order valence-corrected chi connectivity index (χ3v) is 11.2. The minimum Gasteiger partial charge on any atom is -0.456 e. The summed E-state index contributed by atoms with van der Waals surface area (Å²) in [7, 11) is 0.